The van der Waals surface area contributed by atoms with Crippen LogP contribution in [0.15, 0.2) is 85.1 Å². The predicted molar refractivity (Wildman–Crippen MR) is 172 cm³/mol. The van der Waals surface area contributed by atoms with E-state index < -0.39 is 0 Å². The SMILES string of the molecule is Cc1cc(C)c(-n2cc3nc2B(c2ccccc2)c2[c-]c(ccc2)Cc2nc(n(C)c2C)Cc2[c-]c-3ccc2)c(C)c1.[Pt+2]. The summed E-state index contributed by atoms with van der Waals surface area (Å²) in [6, 6.07) is 35.6. The van der Waals surface area contributed by atoms with Crippen molar-refractivity contribution < 1.29 is 21.1 Å². The summed E-state index contributed by atoms with van der Waals surface area (Å²) in [6.45, 7) is 8.60. The molecule has 4 nitrogen and oxygen atoms in total. The van der Waals surface area contributed by atoms with E-state index in [9.17, 15) is 0 Å². The molecule has 8 bridgehead atoms. The molecule has 0 aliphatic carbocycles. The Bertz CT molecular complexity index is 1930. The van der Waals surface area contributed by atoms with E-state index in [1.807, 2.05) is 0 Å². The van der Waals surface area contributed by atoms with Crippen molar-refractivity contribution in [2.75, 3.05) is 0 Å². The standard InChI is InChI=1S/C37H33BN4.Pt/c1-24-17-25(2)36(26(3)18-24)42-23-34-30-13-9-11-28(19-30)22-35-39-33(27(4)41(35)5)21-29-12-10-16-32(20-29)38(37(42)40-34)31-14-7-6-8-15-31;/h6-18,23H,21-22H2,1-5H3;/q-2;+2. The van der Waals surface area contributed by atoms with Crippen LogP contribution in [-0.2, 0) is 41.0 Å². The van der Waals surface area contributed by atoms with Gasteiger partial charge in [0.1, 0.15) is 5.82 Å². The van der Waals surface area contributed by atoms with E-state index in [0.717, 1.165) is 51.5 Å². The molecule has 6 aromatic rings. The zero-order chi connectivity index (χ0) is 29.0. The van der Waals surface area contributed by atoms with Crippen LogP contribution in [0, 0.1) is 39.8 Å². The third-order valence-corrected chi connectivity index (χ3v) is 8.60. The average molecular weight is 740 g/mol. The van der Waals surface area contributed by atoms with E-state index in [1.54, 1.807) is 0 Å². The fourth-order valence-corrected chi connectivity index (χ4v) is 6.53. The fraction of sp³-hybridized carbons (Fsp3) is 0.189. The number of imidazole rings is 2. The Hall–Kier alpha value is -3.95. The second-order valence-corrected chi connectivity index (χ2v) is 11.6. The van der Waals surface area contributed by atoms with Crippen LogP contribution in [0.2, 0.25) is 0 Å². The van der Waals surface area contributed by atoms with Gasteiger partial charge in [-0.2, -0.15) is 35.3 Å². The number of rotatable bonds is 2. The fourth-order valence-electron chi connectivity index (χ4n) is 6.53. The summed E-state index contributed by atoms with van der Waals surface area (Å²) in [6.07, 6.45) is 3.64. The van der Waals surface area contributed by atoms with Gasteiger partial charge >= 0.3 is 21.1 Å². The van der Waals surface area contributed by atoms with Crippen molar-refractivity contribution in [3.8, 4) is 16.9 Å². The van der Waals surface area contributed by atoms with Gasteiger partial charge in [0.15, 0.2) is 0 Å². The second-order valence-electron chi connectivity index (χ2n) is 11.6. The van der Waals surface area contributed by atoms with Crippen LogP contribution in [0.25, 0.3) is 16.9 Å². The van der Waals surface area contributed by atoms with Gasteiger partial charge in [-0.05, 0) is 51.4 Å². The summed E-state index contributed by atoms with van der Waals surface area (Å²) in [5, 5.41) is 0. The number of hydrogen-bond donors (Lipinski definition) is 0. The van der Waals surface area contributed by atoms with Gasteiger partial charge in [-0.3, -0.25) is 4.98 Å². The Kier molecular flexibility index (Phi) is 7.87. The number of hydrogen-bond acceptors (Lipinski definition) is 2. The molecule has 0 saturated carbocycles. The number of aryl methyl sites for hydroxylation is 3. The van der Waals surface area contributed by atoms with Crippen LogP contribution < -0.4 is 16.6 Å². The summed E-state index contributed by atoms with van der Waals surface area (Å²) in [7, 11) is 2.11. The quantitative estimate of drug-likeness (QED) is 0.183. The molecule has 2 aromatic heterocycles. The maximum atomic E-state index is 5.42. The molecule has 1 aliphatic heterocycles. The molecular weight excluding hydrogens is 706 g/mol. The van der Waals surface area contributed by atoms with E-state index in [-0.39, 0.29) is 27.8 Å². The van der Waals surface area contributed by atoms with Crippen molar-refractivity contribution in [3.05, 3.63) is 142 Å². The van der Waals surface area contributed by atoms with Gasteiger partial charge in [0, 0.05) is 24.9 Å². The van der Waals surface area contributed by atoms with Crippen molar-refractivity contribution in [1.29, 1.82) is 0 Å². The third-order valence-electron chi connectivity index (χ3n) is 8.60. The Labute approximate surface area is 269 Å². The Balaban J connectivity index is 0.00000329. The minimum absolute atomic E-state index is 0. The van der Waals surface area contributed by atoms with Gasteiger partial charge < -0.3 is 9.13 Å². The molecule has 6 heteroatoms. The molecule has 7 rings (SSSR count). The molecule has 43 heavy (non-hydrogen) atoms. The summed E-state index contributed by atoms with van der Waals surface area (Å²) >= 11 is 0. The normalized spacial score (nSPS) is 12.3. The third kappa shape index (κ3) is 5.36. The zero-order valence-corrected chi connectivity index (χ0v) is 27.5. The first-order chi connectivity index (χ1) is 20.4. The molecule has 4 aromatic carbocycles. The number of benzene rings is 4. The number of fused-ring (bicyclic) bond motifs is 9. The molecule has 0 N–H and O–H groups in total. The largest absolute Gasteiger partial charge is 2.00 e. The molecule has 0 fully saturated rings. The van der Waals surface area contributed by atoms with Crippen molar-refractivity contribution in [2.45, 2.75) is 40.5 Å². The predicted octanol–water partition coefficient (Wildman–Crippen LogP) is 5.12. The van der Waals surface area contributed by atoms with E-state index in [4.69, 9.17) is 9.97 Å². The molecule has 3 heterocycles. The number of aromatic nitrogens is 4. The molecule has 0 atom stereocenters. The van der Waals surface area contributed by atoms with Crippen molar-refractivity contribution in [3.63, 3.8) is 0 Å². The molecule has 0 radical (unpaired) electrons. The molecule has 0 spiro atoms. The van der Waals surface area contributed by atoms with Gasteiger partial charge in [-0.1, -0.05) is 53.5 Å². The van der Waals surface area contributed by atoms with Gasteiger partial charge in [-0.25, -0.2) is 4.98 Å². The monoisotopic (exact) mass is 739 g/mol. The summed E-state index contributed by atoms with van der Waals surface area (Å²) in [5.41, 5.74) is 14.6. The Morgan fingerprint density at radius 1 is 0.767 bits per heavy atom. The molecule has 0 amide bonds. The molecular formula is C37H33BN4Pt. The van der Waals surface area contributed by atoms with Crippen molar-refractivity contribution >= 4 is 23.4 Å². The zero-order valence-electron chi connectivity index (χ0n) is 25.2. The van der Waals surface area contributed by atoms with Crippen molar-refractivity contribution in [2.24, 2.45) is 7.05 Å². The minimum atomic E-state index is -0.117. The van der Waals surface area contributed by atoms with Gasteiger partial charge in [0.25, 0.3) is 6.71 Å². The van der Waals surface area contributed by atoms with E-state index in [0.29, 0.717) is 6.42 Å². The van der Waals surface area contributed by atoms with Gasteiger partial charge in [0.05, 0.1) is 17.1 Å². The maximum Gasteiger partial charge on any atom is 2.00 e. The van der Waals surface area contributed by atoms with Crippen LogP contribution in [0.1, 0.15) is 45.0 Å². The van der Waals surface area contributed by atoms with E-state index in [1.165, 1.54) is 33.5 Å². The first-order valence-corrected chi connectivity index (χ1v) is 14.6. The van der Waals surface area contributed by atoms with Crippen LogP contribution in [0.3, 0.4) is 0 Å². The Morgan fingerprint density at radius 2 is 1.47 bits per heavy atom. The van der Waals surface area contributed by atoms with Crippen molar-refractivity contribution in [1.82, 2.24) is 19.1 Å². The first-order valence-electron chi connectivity index (χ1n) is 14.6. The van der Waals surface area contributed by atoms with Crippen LogP contribution >= 0.6 is 0 Å². The average Bonchev–Trinajstić information content (AvgIpc) is 3.50. The maximum absolute atomic E-state index is 5.42. The first kappa shape index (κ1) is 29.1. The number of nitrogens with zero attached hydrogens (tertiary/aromatic N) is 4. The van der Waals surface area contributed by atoms with Gasteiger partial charge in [-0.15, -0.1) is 35.4 Å². The second kappa shape index (κ2) is 11.6. The summed E-state index contributed by atoms with van der Waals surface area (Å²) < 4.78 is 4.53. The molecule has 0 unspecified atom stereocenters. The molecule has 0 saturated heterocycles. The van der Waals surface area contributed by atoms with Gasteiger partial charge in [0.2, 0.25) is 0 Å². The molecule has 214 valence electrons. The van der Waals surface area contributed by atoms with E-state index in [2.05, 4.69) is 141 Å². The Morgan fingerprint density at radius 3 is 2.21 bits per heavy atom. The summed E-state index contributed by atoms with van der Waals surface area (Å²) in [5.74, 6) is 1.04. The van der Waals surface area contributed by atoms with E-state index >= 15 is 0 Å². The van der Waals surface area contributed by atoms with Crippen LogP contribution in [0.4, 0.5) is 0 Å². The summed E-state index contributed by atoms with van der Waals surface area (Å²) in [4.78, 5) is 10.5. The smallest absolute Gasteiger partial charge is 0.335 e. The van der Waals surface area contributed by atoms with Crippen LogP contribution in [0.5, 0.6) is 0 Å². The minimum Gasteiger partial charge on any atom is -0.335 e. The van der Waals surface area contributed by atoms with Crippen LogP contribution in [-0.4, -0.2) is 25.8 Å². The topological polar surface area (TPSA) is 35.6 Å². The molecule has 1 aliphatic rings.